The number of fused-ring (bicyclic) bond motifs is 2. The van der Waals surface area contributed by atoms with Crippen LogP contribution in [0.15, 0.2) is 0 Å². The summed E-state index contributed by atoms with van der Waals surface area (Å²) in [5.74, 6) is -2.30. The number of nitrogens with zero attached hydrogens (tertiary/aromatic N) is 1. The Bertz CT molecular complexity index is 1140. The minimum absolute atomic E-state index is 0.00450. The second kappa shape index (κ2) is 15.8. The van der Waals surface area contributed by atoms with Gasteiger partial charge in [0.15, 0.2) is 12.6 Å². The first-order valence-corrected chi connectivity index (χ1v) is 18.9. The molecule has 0 spiro atoms. The standard InChI is InChI=1S/C38H69NO11/c1-15-27(40)38(11,43)33-22(5)29-19(2)17-37(10,50-29)32(49-35-21(4)26(39(12)13)16-20(3)45-35)23(6)30(24(7)34(42)48-33)47-28-18-36(9,44-14)31(41)25(8)46-28/h19-33,35,40-41,43H,15-18H2,1-14H3/t19?,20?,21?,22-,23-,24+,25?,26?,27+,28-,29?,30-,31-,32+,33+,35-,36?,37-,38+/m0/s1. The van der Waals surface area contributed by atoms with Gasteiger partial charge < -0.3 is 53.4 Å². The number of methoxy groups -OCH3 is 1. The van der Waals surface area contributed by atoms with Crippen molar-refractivity contribution in [2.75, 3.05) is 21.2 Å². The zero-order valence-electron chi connectivity index (χ0n) is 33.1. The molecule has 4 fully saturated rings. The van der Waals surface area contributed by atoms with E-state index in [9.17, 15) is 20.1 Å². The lowest BCUT2D eigenvalue weighted by Crippen LogP contribution is -2.59. The molecule has 4 heterocycles. The van der Waals surface area contributed by atoms with Crippen molar-refractivity contribution >= 4 is 5.97 Å². The average molecular weight is 716 g/mol. The van der Waals surface area contributed by atoms with Crippen molar-refractivity contribution in [1.82, 2.24) is 4.90 Å². The Morgan fingerprint density at radius 1 is 1.00 bits per heavy atom. The van der Waals surface area contributed by atoms with Gasteiger partial charge in [0.2, 0.25) is 0 Å². The maximum atomic E-state index is 14.3. The predicted octanol–water partition coefficient (Wildman–Crippen LogP) is 3.90. The van der Waals surface area contributed by atoms with Crippen LogP contribution in [-0.2, 0) is 38.0 Å². The molecule has 19 atom stereocenters. The average Bonchev–Trinajstić information content (AvgIpc) is 3.36. The molecule has 4 rings (SSSR count). The fourth-order valence-electron chi connectivity index (χ4n) is 9.53. The van der Waals surface area contributed by atoms with Crippen LogP contribution < -0.4 is 0 Å². The first-order valence-electron chi connectivity index (χ1n) is 18.9. The number of cyclic esters (lactones) is 1. The van der Waals surface area contributed by atoms with Crippen LogP contribution in [-0.4, -0.2) is 132 Å². The molecule has 4 aliphatic rings. The van der Waals surface area contributed by atoms with Gasteiger partial charge in [-0.1, -0.05) is 34.6 Å². The molecule has 0 amide bonds. The molecule has 0 aromatic heterocycles. The van der Waals surface area contributed by atoms with Gasteiger partial charge in [0.25, 0.3) is 0 Å². The molecule has 0 saturated carbocycles. The predicted molar refractivity (Wildman–Crippen MR) is 187 cm³/mol. The molecular formula is C38H69NO11. The van der Waals surface area contributed by atoms with Crippen molar-refractivity contribution in [1.29, 1.82) is 0 Å². The van der Waals surface area contributed by atoms with Gasteiger partial charge in [-0.05, 0) is 80.8 Å². The molecule has 50 heavy (non-hydrogen) atoms. The first-order chi connectivity index (χ1) is 23.1. The lowest BCUT2D eigenvalue weighted by molar-refractivity contribution is -0.313. The molecular weight excluding hydrogens is 646 g/mol. The van der Waals surface area contributed by atoms with Crippen LogP contribution in [0.3, 0.4) is 0 Å². The number of carbonyl (C=O) groups is 1. The fourth-order valence-corrected chi connectivity index (χ4v) is 9.53. The third-order valence-corrected chi connectivity index (χ3v) is 12.7. The molecule has 0 aliphatic carbocycles. The van der Waals surface area contributed by atoms with E-state index in [1.807, 2.05) is 20.8 Å². The van der Waals surface area contributed by atoms with Crippen molar-refractivity contribution in [3.05, 3.63) is 0 Å². The van der Waals surface area contributed by atoms with Gasteiger partial charge in [-0.25, -0.2) is 0 Å². The molecule has 0 radical (unpaired) electrons. The number of aliphatic hydroxyl groups is 3. The molecule has 3 N–H and O–H groups in total. The topological polar surface area (TPSA) is 146 Å². The van der Waals surface area contributed by atoms with Crippen LogP contribution in [0.4, 0.5) is 0 Å². The van der Waals surface area contributed by atoms with E-state index in [2.05, 4.69) is 46.7 Å². The second-order valence-electron chi connectivity index (χ2n) is 17.1. The second-order valence-corrected chi connectivity index (χ2v) is 17.1. The van der Waals surface area contributed by atoms with Crippen LogP contribution in [0.1, 0.15) is 102 Å². The van der Waals surface area contributed by atoms with Crippen LogP contribution in [0.5, 0.6) is 0 Å². The first kappa shape index (κ1) is 41.8. The SMILES string of the molecule is CC[C@@H](O)[C@@](C)(O)[C@@H]1OC(=O)[C@H](C)[C@@H](O[C@H]2CC(C)(OC)[C@@H](O)C(C)O2)[C@H](C)[C@@H](O[C@@H]2OC(C)CC(N(C)C)C2C)[C@]2(C)CC(C)C(O2)[C@@H]1C. The van der Waals surface area contributed by atoms with Crippen LogP contribution in [0, 0.1) is 29.6 Å². The monoisotopic (exact) mass is 715 g/mol. The molecule has 0 aromatic rings. The Labute approximate surface area is 300 Å². The van der Waals surface area contributed by atoms with Crippen molar-refractivity contribution < 1.29 is 53.3 Å². The van der Waals surface area contributed by atoms with Crippen molar-refractivity contribution in [3.8, 4) is 0 Å². The maximum Gasteiger partial charge on any atom is 0.311 e. The molecule has 292 valence electrons. The van der Waals surface area contributed by atoms with Crippen LogP contribution >= 0.6 is 0 Å². The van der Waals surface area contributed by atoms with Crippen molar-refractivity contribution in [3.63, 3.8) is 0 Å². The minimum atomic E-state index is -1.75. The van der Waals surface area contributed by atoms with Crippen molar-refractivity contribution in [2.45, 2.75) is 186 Å². The molecule has 2 bridgehead atoms. The number of hydrogen-bond donors (Lipinski definition) is 3. The zero-order valence-corrected chi connectivity index (χ0v) is 33.1. The van der Waals surface area contributed by atoms with Gasteiger partial charge in [-0.2, -0.15) is 0 Å². The lowest BCUT2D eigenvalue weighted by atomic mass is 9.76. The highest BCUT2D eigenvalue weighted by Gasteiger charge is 2.58. The summed E-state index contributed by atoms with van der Waals surface area (Å²) in [7, 11) is 5.71. The van der Waals surface area contributed by atoms with E-state index < -0.39 is 95.8 Å². The highest BCUT2D eigenvalue weighted by Crippen LogP contribution is 2.49. The van der Waals surface area contributed by atoms with Gasteiger partial charge in [-0.15, -0.1) is 0 Å². The Morgan fingerprint density at radius 2 is 1.64 bits per heavy atom. The minimum Gasteiger partial charge on any atom is -0.459 e. The summed E-state index contributed by atoms with van der Waals surface area (Å²) in [4.78, 5) is 16.5. The number of aliphatic hydroxyl groups excluding tert-OH is 2. The largest absolute Gasteiger partial charge is 0.459 e. The van der Waals surface area contributed by atoms with E-state index in [0.717, 1.165) is 6.42 Å². The number of carbonyl (C=O) groups excluding carboxylic acids is 1. The number of ether oxygens (including phenoxy) is 7. The zero-order chi connectivity index (χ0) is 37.7. The quantitative estimate of drug-likeness (QED) is 0.298. The van der Waals surface area contributed by atoms with Crippen LogP contribution in [0.25, 0.3) is 0 Å². The summed E-state index contributed by atoms with van der Waals surface area (Å²) >= 11 is 0. The maximum absolute atomic E-state index is 14.3. The van der Waals surface area contributed by atoms with Gasteiger partial charge in [0, 0.05) is 37.3 Å². The van der Waals surface area contributed by atoms with E-state index in [1.54, 1.807) is 27.9 Å². The third-order valence-electron chi connectivity index (χ3n) is 12.7. The van der Waals surface area contributed by atoms with E-state index >= 15 is 0 Å². The van der Waals surface area contributed by atoms with E-state index in [4.69, 9.17) is 33.2 Å². The molecule has 12 heteroatoms. The lowest BCUT2D eigenvalue weighted by Gasteiger charge is -2.49. The van der Waals surface area contributed by atoms with Crippen LogP contribution in [0.2, 0.25) is 0 Å². The number of rotatable bonds is 9. The molecule has 12 nitrogen and oxygen atoms in total. The highest BCUT2D eigenvalue weighted by molar-refractivity contribution is 5.73. The smallest absolute Gasteiger partial charge is 0.311 e. The Balaban J connectivity index is 1.82. The molecule has 0 aromatic carbocycles. The van der Waals surface area contributed by atoms with Gasteiger partial charge in [0.1, 0.15) is 17.8 Å². The van der Waals surface area contributed by atoms with Gasteiger partial charge in [0.05, 0.1) is 53.7 Å². The molecule has 4 saturated heterocycles. The number of hydrogen-bond acceptors (Lipinski definition) is 12. The summed E-state index contributed by atoms with van der Waals surface area (Å²) in [6.07, 6.45) is -4.91. The Morgan fingerprint density at radius 3 is 2.22 bits per heavy atom. The summed E-state index contributed by atoms with van der Waals surface area (Å²) in [5, 5.41) is 33.7. The van der Waals surface area contributed by atoms with E-state index in [1.165, 1.54) is 6.92 Å². The van der Waals surface area contributed by atoms with Crippen molar-refractivity contribution in [2.24, 2.45) is 29.6 Å². The summed E-state index contributed by atoms with van der Waals surface area (Å²) < 4.78 is 45.8. The normalized spacial score (nSPS) is 49.6. The third kappa shape index (κ3) is 8.10. The fraction of sp³-hybridized carbons (Fsp3) is 0.974. The molecule has 7 unspecified atom stereocenters. The summed E-state index contributed by atoms with van der Waals surface area (Å²) in [5.41, 5.74) is -3.54. The van der Waals surface area contributed by atoms with E-state index in [0.29, 0.717) is 6.42 Å². The number of esters is 1. The Hall–Kier alpha value is -0.930. The van der Waals surface area contributed by atoms with Gasteiger partial charge >= 0.3 is 5.97 Å². The molecule has 4 aliphatic heterocycles. The highest BCUT2D eigenvalue weighted by atomic mass is 16.7. The Kier molecular flexibility index (Phi) is 13.2. The summed E-state index contributed by atoms with van der Waals surface area (Å²) in [6, 6.07) is 0.231. The van der Waals surface area contributed by atoms with E-state index in [-0.39, 0.29) is 36.8 Å². The summed E-state index contributed by atoms with van der Waals surface area (Å²) in [6.45, 7) is 21.0. The van der Waals surface area contributed by atoms with Gasteiger partial charge in [-0.3, -0.25) is 4.79 Å².